The third-order valence-electron chi connectivity index (χ3n) is 3.43. The Morgan fingerprint density at radius 1 is 1.17 bits per heavy atom. The van der Waals surface area contributed by atoms with Crippen molar-refractivity contribution in [3.63, 3.8) is 0 Å². The molecule has 1 N–H and O–H groups in total. The number of halogens is 1. The molecule has 2 aromatic carbocycles. The average molecular weight is 332 g/mol. The quantitative estimate of drug-likeness (QED) is 0.856. The summed E-state index contributed by atoms with van der Waals surface area (Å²) in [6.07, 6.45) is 0.352. The van der Waals surface area contributed by atoms with Crippen LogP contribution in [0.25, 0.3) is 0 Å². The van der Waals surface area contributed by atoms with E-state index in [2.05, 4.69) is 5.32 Å². The zero-order valence-electron chi connectivity index (χ0n) is 13.0. The number of amides is 1. The van der Waals surface area contributed by atoms with Crippen LogP contribution in [0.1, 0.15) is 21.5 Å². The number of benzene rings is 2. The molecule has 0 saturated carbocycles. The van der Waals surface area contributed by atoms with Crippen molar-refractivity contribution < 1.29 is 14.3 Å². The van der Waals surface area contributed by atoms with E-state index in [1.165, 1.54) is 7.11 Å². The number of rotatable bonds is 5. The molecule has 0 saturated heterocycles. The Morgan fingerprint density at radius 3 is 2.57 bits per heavy atom. The standard InChI is InChI=1S/C18H18ClNO3/c1-12-6-5-7-13(10-12)11-16(18(22)23-2)20-17(21)14-8-3-4-9-15(14)19/h3-10,16H,11H2,1-2H3,(H,20,21)/t16-/m0/s1. The van der Waals surface area contributed by atoms with Crippen LogP contribution in [0.5, 0.6) is 0 Å². The van der Waals surface area contributed by atoms with Gasteiger partial charge in [0, 0.05) is 6.42 Å². The second kappa shape index (κ2) is 7.79. The van der Waals surface area contributed by atoms with E-state index in [0.29, 0.717) is 17.0 Å². The number of carbonyl (C=O) groups excluding carboxylic acids is 2. The highest BCUT2D eigenvalue weighted by molar-refractivity contribution is 6.33. The maximum absolute atomic E-state index is 12.4. The number of nitrogens with one attached hydrogen (secondary N) is 1. The summed E-state index contributed by atoms with van der Waals surface area (Å²) in [6.45, 7) is 1.97. The zero-order chi connectivity index (χ0) is 16.8. The summed E-state index contributed by atoms with van der Waals surface area (Å²) in [5, 5.41) is 3.03. The summed E-state index contributed by atoms with van der Waals surface area (Å²) in [5.74, 6) is -0.898. The lowest BCUT2D eigenvalue weighted by Crippen LogP contribution is -2.43. The molecule has 120 valence electrons. The molecule has 0 aliphatic rings. The largest absolute Gasteiger partial charge is 0.467 e. The van der Waals surface area contributed by atoms with Gasteiger partial charge in [-0.25, -0.2) is 4.79 Å². The Morgan fingerprint density at radius 2 is 1.91 bits per heavy atom. The highest BCUT2D eigenvalue weighted by Gasteiger charge is 2.23. The second-order valence-electron chi connectivity index (χ2n) is 5.22. The predicted octanol–water partition coefficient (Wildman–Crippen LogP) is 3.16. The van der Waals surface area contributed by atoms with Crippen molar-refractivity contribution in [1.82, 2.24) is 5.32 Å². The highest BCUT2D eigenvalue weighted by atomic mass is 35.5. The molecule has 2 rings (SSSR count). The van der Waals surface area contributed by atoms with Gasteiger partial charge >= 0.3 is 5.97 Å². The Kier molecular flexibility index (Phi) is 5.77. The number of methoxy groups -OCH3 is 1. The van der Waals surface area contributed by atoms with Gasteiger partial charge in [0.2, 0.25) is 0 Å². The van der Waals surface area contributed by atoms with E-state index in [9.17, 15) is 9.59 Å². The predicted molar refractivity (Wildman–Crippen MR) is 89.6 cm³/mol. The van der Waals surface area contributed by atoms with Crippen LogP contribution in [0.15, 0.2) is 48.5 Å². The molecule has 0 aromatic heterocycles. The average Bonchev–Trinajstić information content (AvgIpc) is 2.54. The van der Waals surface area contributed by atoms with Gasteiger partial charge in [-0.1, -0.05) is 53.6 Å². The van der Waals surface area contributed by atoms with Gasteiger partial charge in [0.15, 0.2) is 0 Å². The Hall–Kier alpha value is -2.33. The van der Waals surface area contributed by atoms with Crippen molar-refractivity contribution in [3.05, 3.63) is 70.2 Å². The van der Waals surface area contributed by atoms with E-state index in [0.717, 1.165) is 11.1 Å². The van der Waals surface area contributed by atoms with Crippen LogP contribution in [-0.4, -0.2) is 25.0 Å². The summed E-state index contributed by atoms with van der Waals surface area (Å²) >= 11 is 6.02. The fourth-order valence-corrected chi connectivity index (χ4v) is 2.51. The molecule has 1 amide bonds. The molecular weight excluding hydrogens is 314 g/mol. The molecule has 0 aliphatic heterocycles. The molecule has 0 bridgehead atoms. The summed E-state index contributed by atoms with van der Waals surface area (Å²) in [7, 11) is 1.30. The molecule has 4 nitrogen and oxygen atoms in total. The van der Waals surface area contributed by atoms with E-state index in [1.807, 2.05) is 31.2 Å². The topological polar surface area (TPSA) is 55.4 Å². The van der Waals surface area contributed by atoms with Crippen LogP contribution < -0.4 is 5.32 Å². The second-order valence-corrected chi connectivity index (χ2v) is 5.63. The molecule has 1 atom stereocenters. The molecule has 23 heavy (non-hydrogen) atoms. The molecule has 0 unspecified atom stereocenters. The molecule has 0 spiro atoms. The van der Waals surface area contributed by atoms with Gasteiger partial charge < -0.3 is 10.1 Å². The number of esters is 1. The van der Waals surface area contributed by atoms with Crippen molar-refractivity contribution in [2.24, 2.45) is 0 Å². The van der Waals surface area contributed by atoms with Crippen LogP contribution >= 0.6 is 11.6 Å². The fourth-order valence-electron chi connectivity index (χ4n) is 2.29. The maximum Gasteiger partial charge on any atom is 0.328 e. The Labute approximate surface area is 140 Å². The Bertz CT molecular complexity index is 715. The van der Waals surface area contributed by atoms with Crippen LogP contribution in [-0.2, 0) is 16.0 Å². The lowest BCUT2D eigenvalue weighted by Gasteiger charge is -2.17. The lowest BCUT2D eigenvalue weighted by atomic mass is 10.0. The van der Waals surface area contributed by atoms with E-state index >= 15 is 0 Å². The molecule has 0 fully saturated rings. The summed E-state index contributed by atoms with van der Waals surface area (Å²) in [6, 6.07) is 13.7. The molecule has 0 aliphatic carbocycles. The smallest absolute Gasteiger partial charge is 0.328 e. The zero-order valence-corrected chi connectivity index (χ0v) is 13.8. The highest BCUT2D eigenvalue weighted by Crippen LogP contribution is 2.15. The van der Waals surface area contributed by atoms with Crippen molar-refractivity contribution >= 4 is 23.5 Å². The minimum Gasteiger partial charge on any atom is -0.467 e. The summed E-state index contributed by atoms with van der Waals surface area (Å²) in [5.41, 5.74) is 2.36. The van der Waals surface area contributed by atoms with Crippen molar-refractivity contribution in [1.29, 1.82) is 0 Å². The molecule has 2 aromatic rings. The van der Waals surface area contributed by atoms with E-state index in [4.69, 9.17) is 16.3 Å². The van der Waals surface area contributed by atoms with Gasteiger partial charge in [-0.2, -0.15) is 0 Å². The van der Waals surface area contributed by atoms with E-state index in [1.54, 1.807) is 24.3 Å². The number of hydrogen-bond acceptors (Lipinski definition) is 3. The van der Waals surface area contributed by atoms with Gasteiger partial charge in [-0.3, -0.25) is 4.79 Å². The Balaban J connectivity index is 2.17. The van der Waals surface area contributed by atoms with E-state index in [-0.39, 0.29) is 0 Å². The van der Waals surface area contributed by atoms with Gasteiger partial charge in [-0.15, -0.1) is 0 Å². The molecular formula is C18H18ClNO3. The first-order chi connectivity index (χ1) is 11.0. The number of aryl methyl sites for hydroxylation is 1. The van der Waals surface area contributed by atoms with Crippen molar-refractivity contribution in [3.8, 4) is 0 Å². The third-order valence-corrected chi connectivity index (χ3v) is 3.76. The molecule has 0 radical (unpaired) electrons. The van der Waals surface area contributed by atoms with Gasteiger partial charge in [0.25, 0.3) is 5.91 Å². The van der Waals surface area contributed by atoms with E-state index < -0.39 is 17.9 Å². The fraction of sp³-hybridized carbons (Fsp3) is 0.222. The van der Waals surface area contributed by atoms with Crippen molar-refractivity contribution in [2.75, 3.05) is 7.11 Å². The molecule has 5 heteroatoms. The SMILES string of the molecule is COC(=O)[C@H](Cc1cccc(C)c1)NC(=O)c1ccccc1Cl. The minimum absolute atomic E-state index is 0.326. The first-order valence-corrected chi connectivity index (χ1v) is 7.58. The minimum atomic E-state index is -0.773. The van der Waals surface area contributed by atoms with Gasteiger partial charge in [-0.05, 0) is 24.6 Å². The van der Waals surface area contributed by atoms with Gasteiger partial charge in [0.05, 0.1) is 17.7 Å². The first-order valence-electron chi connectivity index (χ1n) is 7.20. The lowest BCUT2D eigenvalue weighted by molar-refractivity contribution is -0.142. The summed E-state index contributed by atoms with van der Waals surface area (Å²) < 4.78 is 4.80. The maximum atomic E-state index is 12.4. The number of hydrogen-bond donors (Lipinski definition) is 1. The van der Waals surface area contributed by atoms with Gasteiger partial charge in [0.1, 0.15) is 6.04 Å². The van der Waals surface area contributed by atoms with Crippen LogP contribution in [0.2, 0.25) is 5.02 Å². The monoisotopic (exact) mass is 331 g/mol. The first kappa shape index (κ1) is 17.0. The van der Waals surface area contributed by atoms with Crippen LogP contribution in [0.4, 0.5) is 0 Å². The molecule has 0 heterocycles. The van der Waals surface area contributed by atoms with Crippen LogP contribution in [0, 0.1) is 6.92 Å². The van der Waals surface area contributed by atoms with Crippen LogP contribution in [0.3, 0.4) is 0 Å². The normalized spacial score (nSPS) is 11.6. The number of ether oxygens (including phenoxy) is 1. The number of carbonyl (C=O) groups is 2. The third kappa shape index (κ3) is 4.57. The summed E-state index contributed by atoms with van der Waals surface area (Å²) in [4.78, 5) is 24.3. The van der Waals surface area contributed by atoms with Crippen molar-refractivity contribution in [2.45, 2.75) is 19.4 Å².